The van der Waals surface area contributed by atoms with Crippen LogP contribution in [0.5, 0.6) is 28.7 Å². The Balaban J connectivity index is 1.74. The SMILES string of the molecule is COc1cc([C@H]2c3cc4c(cc3[C@H](Br)[C@H]3COC(=O)[C@H]23)OCO4)cc(OC)c1OC. The number of fused-ring (bicyclic) bond motifs is 3. The van der Waals surface area contributed by atoms with Crippen LogP contribution in [0.3, 0.4) is 0 Å². The molecule has 0 N–H and O–H groups in total. The molecule has 2 aromatic rings. The van der Waals surface area contributed by atoms with E-state index in [1.807, 2.05) is 24.3 Å². The van der Waals surface area contributed by atoms with E-state index in [1.165, 1.54) is 0 Å². The molecule has 1 aliphatic carbocycles. The molecule has 30 heavy (non-hydrogen) atoms. The maximum Gasteiger partial charge on any atom is 0.310 e. The molecule has 8 heteroatoms. The predicted molar refractivity (Wildman–Crippen MR) is 110 cm³/mol. The van der Waals surface area contributed by atoms with Crippen molar-refractivity contribution in [3.8, 4) is 28.7 Å². The molecule has 5 rings (SSSR count). The molecule has 0 amide bonds. The molecular weight excluding hydrogens is 456 g/mol. The van der Waals surface area contributed by atoms with Crippen molar-refractivity contribution >= 4 is 21.9 Å². The average Bonchev–Trinajstić information content (AvgIpc) is 3.38. The van der Waals surface area contributed by atoms with E-state index in [4.69, 9.17) is 28.4 Å². The quantitative estimate of drug-likeness (QED) is 0.490. The molecule has 1 fully saturated rings. The van der Waals surface area contributed by atoms with Crippen LogP contribution in [0.25, 0.3) is 0 Å². The number of methoxy groups -OCH3 is 3. The number of carbonyl (C=O) groups is 1. The Morgan fingerprint density at radius 2 is 1.53 bits per heavy atom. The maximum absolute atomic E-state index is 12.8. The van der Waals surface area contributed by atoms with Crippen LogP contribution in [-0.2, 0) is 9.53 Å². The molecule has 3 aliphatic rings. The van der Waals surface area contributed by atoms with Crippen molar-refractivity contribution < 1.29 is 33.2 Å². The van der Waals surface area contributed by atoms with Crippen molar-refractivity contribution in [1.29, 1.82) is 0 Å². The highest BCUT2D eigenvalue weighted by atomic mass is 79.9. The van der Waals surface area contributed by atoms with Crippen molar-refractivity contribution in [2.45, 2.75) is 10.7 Å². The number of cyclic esters (lactones) is 1. The van der Waals surface area contributed by atoms with Crippen LogP contribution in [0.4, 0.5) is 0 Å². The second kappa shape index (κ2) is 7.27. The molecule has 0 unspecified atom stereocenters. The van der Waals surface area contributed by atoms with Gasteiger partial charge in [-0.2, -0.15) is 0 Å². The van der Waals surface area contributed by atoms with Crippen LogP contribution in [-0.4, -0.2) is 40.7 Å². The van der Waals surface area contributed by atoms with E-state index in [0.29, 0.717) is 35.4 Å². The fraction of sp³-hybridized carbons (Fsp3) is 0.409. The van der Waals surface area contributed by atoms with E-state index in [9.17, 15) is 4.79 Å². The van der Waals surface area contributed by atoms with Gasteiger partial charge in [-0.25, -0.2) is 0 Å². The summed E-state index contributed by atoms with van der Waals surface area (Å²) < 4.78 is 33.3. The van der Waals surface area contributed by atoms with Crippen LogP contribution in [0.2, 0.25) is 0 Å². The zero-order valence-electron chi connectivity index (χ0n) is 16.8. The zero-order chi connectivity index (χ0) is 21.0. The van der Waals surface area contributed by atoms with Crippen LogP contribution >= 0.6 is 15.9 Å². The van der Waals surface area contributed by atoms with Gasteiger partial charge in [0, 0.05) is 16.7 Å². The molecule has 7 nitrogen and oxygen atoms in total. The first kappa shape index (κ1) is 19.4. The third-order valence-corrected chi connectivity index (χ3v) is 7.32. The summed E-state index contributed by atoms with van der Waals surface area (Å²) in [6, 6.07) is 7.78. The molecule has 0 bridgehead atoms. The standard InChI is InChI=1S/C22H21BrO7/c1-25-16-4-10(5-17(26-2)21(16)27-3)18-11-6-14-15(30-9-29-14)7-12(11)20(23)13-8-28-22(24)19(13)18/h4-7,13,18-20H,8-9H2,1-3H3/t13-,18-,19-,20-/m0/s1. The van der Waals surface area contributed by atoms with Gasteiger partial charge < -0.3 is 28.4 Å². The second-order valence-corrected chi connectivity index (χ2v) is 8.48. The Kier molecular flexibility index (Phi) is 4.69. The average molecular weight is 477 g/mol. The molecule has 4 atom stereocenters. The lowest BCUT2D eigenvalue weighted by Crippen LogP contribution is -2.32. The topological polar surface area (TPSA) is 72.5 Å². The number of benzene rings is 2. The molecular formula is C22H21BrO7. The number of rotatable bonds is 4. The smallest absolute Gasteiger partial charge is 0.310 e. The fourth-order valence-corrected chi connectivity index (χ4v) is 5.65. The molecule has 2 aromatic carbocycles. The highest BCUT2D eigenvalue weighted by Crippen LogP contribution is 2.57. The van der Waals surface area contributed by atoms with Gasteiger partial charge in [-0.3, -0.25) is 4.79 Å². The minimum atomic E-state index is -0.343. The van der Waals surface area contributed by atoms with E-state index in [0.717, 1.165) is 16.7 Å². The number of ether oxygens (including phenoxy) is 6. The molecule has 0 radical (unpaired) electrons. The number of carbonyl (C=O) groups excluding carboxylic acids is 1. The highest BCUT2D eigenvalue weighted by molar-refractivity contribution is 9.09. The van der Waals surface area contributed by atoms with Crippen molar-refractivity contribution in [1.82, 2.24) is 0 Å². The van der Waals surface area contributed by atoms with Gasteiger partial charge >= 0.3 is 5.97 Å². The van der Waals surface area contributed by atoms with Gasteiger partial charge in [0.2, 0.25) is 12.5 Å². The summed E-state index contributed by atoms with van der Waals surface area (Å²) in [6.45, 7) is 0.559. The molecule has 2 heterocycles. The summed E-state index contributed by atoms with van der Waals surface area (Å²) in [5.41, 5.74) is 2.95. The van der Waals surface area contributed by atoms with Crippen LogP contribution in [0, 0.1) is 11.8 Å². The van der Waals surface area contributed by atoms with E-state index in [1.54, 1.807) is 21.3 Å². The fourth-order valence-electron chi connectivity index (χ4n) is 4.78. The van der Waals surface area contributed by atoms with Gasteiger partial charge in [-0.1, -0.05) is 15.9 Å². The first-order valence-electron chi connectivity index (χ1n) is 9.61. The van der Waals surface area contributed by atoms with Gasteiger partial charge in [0.1, 0.15) is 0 Å². The summed E-state index contributed by atoms with van der Waals surface area (Å²) in [4.78, 5) is 12.8. The molecule has 0 aromatic heterocycles. The van der Waals surface area contributed by atoms with Crippen molar-refractivity contribution in [2.24, 2.45) is 11.8 Å². The summed E-state index contributed by atoms with van der Waals surface area (Å²) >= 11 is 3.81. The van der Waals surface area contributed by atoms with Gasteiger partial charge in [-0.05, 0) is 41.0 Å². The lowest BCUT2D eigenvalue weighted by molar-refractivity contribution is -0.141. The summed E-state index contributed by atoms with van der Waals surface area (Å²) in [5.74, 6) is 2.18. The Hall–Kier alpha value is -2.61. The van der Waals surface area contributed by atoms with E-state index in [-0.39, 0.29) is 35.3 Å². The highest BCUT2D eigenvalue weighted by Gasteiger charge is 2.52. The summed E-state index contributed by atoms with van der Waals surface area (Å²) in [5, 5.41) is 0. The number of hydrogen-bond donors (Lipinski definition) is 0. The normalized spacial score (nSPS) is 25.9. The number of esters is 1. The van der Waals surface area contributed by atoms with E-state index >= 15 is 0 Å². The number of halogens is 1. The Morgan fingerprint density at radius 1 is 0.900 bits per heavy atom. The largest absolute Gasteiger partial charge is 0.493 e. The number of hydrogen-bond acceptors (Lipinski definition) is 7. The third kappa shape index (κ3) is 2.73. The Labute approximate surface area is 182 Å². The first-order chi connectivity index (χ1) is 14.6. The van der Waals surface area contributed by atoms with Crippen LogP contribution in [0.1, 0.15) is 27.4 Å². The Bertz CT molecular complexity index is 996. The van der Waals surface area contributed by atoms with Crippen molar-refractivity contribution in [2.75, 3.05) is 34.7 Å². The third-order valence-electron chi connectivity index (χ3n) is 6.14. The molecule has 2 aliphatic heterocycles. The zero-order valence-corrected chi connectivity index (χ0v) is 18.4. The monoisotopic (exact) mass is 476 g/mol. The lowest BCUT2D eigenvalue weighted by atomic mass is 9.67. The van der Waals surface area contributed by atoms with Crippen LogP contribution < -0.4 is 23.7 Å². The second-order valence-electron chi connectivity index (χ2n) is 7.49. The van der Waals surface area contributed by atoms with E-state index < -0.39 is 0 Å². The summed E-state index contributed by atoms with van der Waals surface area (Å²) in [7, 11) is 4.72. The first-order valence-corrected chi connectivity index (χ1v) is 10.5. The van der Waals surface area contributed by atoms with Gasteiger partial charge in [0.05, 0.1) is 33.9 Å². The van der Waals surface area contributed by atoms with Crippen molar-refractivity contribution in [3.63, 3.8) is 0 Å². The minimum Gasteiger partial charge on any atom is -0.493 e. The minimum absolute atomic E-state index is 0.00513. The number of alkyl halides is 1. The lowest BCUT2D eigenvalue weighted by Gasteiger charge is -2.37. The predicted octanol–water partition coefficient (Wildman–Crippen LogP) is 3.81. The van der Waals surface area contributed by atoms with Gasteiger partial charge in [0.25, 0.3) is 0 Å². The van der Waals surface area contributed by atoms with Crippen LogP contribution in [0.15, 0.2) is 24.3 Å². The molecule has 158 valence electrons. The maximum atomic E-state index is 12.8. The molecule has 1 saturated heterocycles. The van der Waals surface area contributed by atoms with E-state index in [2.05, 4.69) is 15.9 Å². The summed E-state index contributed by atoms with van der Waals surface area (Å²) in [6.07, 6.45) is 0. The van der Waals surface area contributed by atoms with Crippen molar-refractivity contribution in [3.05, 3.63) is 41.0 Å². The Morgan fingerprint density at radius 3 is 2.13 bits per heavy atom. The van der Waals surface area contributed by atoms with Gasteiger partial charge in [0.15, 0.2) is 23.0 Å². The van der Waals surface area contributed by atoms with Gasteiger partial charge in [-0.15, -0.1) is 0 Å². The molecule has 0 spiro atoms. The molecule has 0 saturated carbocycles.